The largest absolute Gasteiger partial charge is 0.271 e. The predicted octanol–water partition coefficient (Wildman–Crippen LogP) is 4.48. The van der Waals surface area contributed by atoms with E-state index in [0.717, 1.165) is 5.92 Å². The molecule has 1 aromatic carbocycles. The van der Waals surface area contributed by atoms with Crippen LogP contribution in [-0.4, -0.2) is 0 Å². The molecule has 1 aliphatic carbocycles. The van der Waals surface area contributed by atoms with Crippen molar-refractivity contribution in [2.75, 3.05) is 0 Å². The Morgan fingerprint density at radius 3 is 2.84 bits per heavy atom. The second kappa shape index (κ2) is 6.87. The van der Waals surface area contributed by atoms with Gasteiger partial charge in [0.15, 0.2) is 0 Å². The van der Waals surface area contributed by atoms with E-state index in [2.05, 4.69) is 53.4 Å². The van der Waals surface area contributed by atoms with Crippen molar-refractivity contribution in [2.24, 2.45) is 17.7 Å². The lowest BCUT2D eigenvalue weighted by molar-refractivity contribution is 0.210. The van der Waals surface area contributed by atoms with E-state index in [4.69, 9.17) is 5.84 Å². The summed E-state index contributed by atoms with van der Waals surface area (Å²) in [7, 11) is 0. The summed E-state index contributed by atoms with van der Waals surface area (Å²) in [6.07, 6.45) is 6.62. The van der Waals surface area contributed by atoms with Crippen molar-refractivity contribution in [2.45, 2.75) is 52.0 Å². The van der Waals surface area contributed by atoms with Crippen LogP contribution in [0.5, 0.6) is 0 Å². The molecule has 2 nitrogen and oxygen atoms in total. The highest BCUT2D eigenvalue weighted by molar-refractivity contribution is 9.10. The molecule has 3 atom stereocenters. The molecule has 0 heterocycles. The molecule has 2 rings (SSSR count). The first kappa shape index (κ1) is 15.0. The van der Waals surface area contributed by atoms with E-state index in [9.17, 15) is 0 Å². The van der Waals surface area contributed by atoms with Gasteiger partial charge in [0.1, 0.15) is 0 Å². The maximum Gasteiger partial charge on any atom is 0.0488 e. The van der Waals surface area contributed by atoms with Gasteiger partial charge in [0, 0.05) is 10.5 Å². The van der Waals surface area contributed by atoms with Crippen LogP contribution in [0.1, 0.15) is 56.2 Å². The number of hydrazine groups is 1. The van der Waals surface area contributed by atoms with Gasteiger partial charge in [0.05, 0.1) is 0 Å². The maximum absolute atomic E-state index is 5.85. The standard InChI is InChI=1S/C16H25BrN2/c1-3-12-5-4-6-13(9-12)16(19-18)14-8-7-11(2)15(17)10-14/h7-8,10,12-13,16,19H,3-6,9,18H2,1-2H3. The van der Waals surface area contributed by atoms with Crippen LogP contribution in [0, 0.1) is 18.8 Å². The summed E-state index contributed by atoms with van der Waals surface area (Å²) >= 11 is 3.62. The molecule has 0 saturated heterocycles. The Balaban J connectivity index is 2.16. The third kappa shape index (κ3) is 3.59. The van der Waals surface area contributed by atoms with E-state index >= 15 is 0 Å². The smallest absolute Gasteiger partial charge is 0.0488 e. The van der Waals surface area contributed by atoms with E-state index < -0.39 is 0 Å². The van der Waals surface area contributed by atoms with Crippen molar-refractivity contribution < 1.29 is 0 Å². The molecule has 3 N–H and O–H groups in total. The molecule has 1 aromatic rings. The quantitative estimate of drug-likeness (QED) is 0.633. The fourth-order valence-electron chi connectivity index (χ4n) is 3.31. The molecule has 1 saturated carbocycles. The molecule has 0 aromatic heterocycles. The van der Waals surface area contributed by atoms with Gasteiger partial charge in [-0.3, -0.25) is 11.3 Å². The molecule has 106 valence electrons. The summed E-state index contributed by atoms with van der Waals surface area (Å²) < 4.78 is 1.17. The van der Waals surface area contributed by atoms with Gasteiger partial charge in [-0.1, -0.05) is 54.2 Å². The Labute approximate surface area is 125 Å². The van der Waals surface area contributed by atoms with Crippen molar-refractivity contribution >= 4 is 15.9 Å². The highest BCUT2D eigenvalue weighted by atomic mass is 79.9. The SMILES string of the molecule is CCC1CCCC(C(NN)c2ccc(C)c(Br)c2)C1. The molecule has 1 aliphatic rings. The Hall–Kier alpha value is -0.380. The molecule has 3 unspecified atom stereocenters. The minimum Gasteiger partial charge on any atom is -0.271 e. The Bertz CT molecular complexity index is 419. The fraction of sp³-hybridized carbons (Fsp3) is 0.625. The molecular formula is C16H25BrN2. The summed E-state index contributed by atoms with van der Waals surface area (Å²) in [6, 6.07) is 6.88. The van der Waals surface area contributed by atoms with Gasteiger partial charge in [0.25, 0.3) is 0 Å². The zero-order chi connectivity index (χ0) is 13.8. The maximum atomic E-state index is 5.85. The number of halogens is 1. The molecule has 1 fully saturated rings. The summed E-state index contributed by atoms with van der Waals surface area (Å²) in [4.78, 5) is 0. The normalized spacial score (nSPS) is 25.3. The molecule has 19 heavy (non-hydrogen) atoms. The molecule has 0 bridgehead atoms. The van der Waals surface area contributed by atoms with Gasteiger partial charge in [-0.05, 0) is 48.8 Å². The number of benzene rings is 1. The van der Waals surface area contributed by atoms with Crippen LogP contribution < -0.4 is 11.3 Å². The number of nitrogens with two attached hydrogens (primary N) is 1. The first-order valence-electron chi connectivity index (χ1n) is 7.37. The average molecular weight is 325 g/mol. The minimum atomic E-state index is 0.284. The Morgan fingerprint density at radius 1 is 1.42 bits per heavy atom. The third-order valence-electron chi connectivity index (χ3n) is 4.61. The first-order valence-corrected chi connectivity index (χ1v) is 8.17. The van der Waals surface area contributed by atoms with Crippen molar-refractivity contribution in [1.29, 1.82) is 0 Å². The second-order valence-electron chi connectivity index (χ2n) is 5.85. The monoisotopic (exact) mass is 324 g/mol. The summed E-state index contributed by atoms with van der Waals surface area (Å²) in [5.41, 5.74) is 5.64. The number of aryl methyl sites for hydroxylation is 1. The molecular weight excluding hydrogens is 300 g/mol. The van der Waals surface area contributed by atoms with E-state index in [1.807, 2.05) is 0 Å². The van der Waals surface area contributed by atoms with Crippen LogP contribution in [0.2, 0.25) is 0 Å². The lowest BCUT2D eigenvalue weighted by atomic mass is 9.75. The van der Waals surface area contributed by atoms with Crippen molar-refractivity contribution in [3.63, 3.8) is 0 Å². The van der Waals surface area contributed by atoms with Crippen molar-refractivity contribution in [1.82, 2.24) is 5.43 Å². The third-order valence-corrected chi connectivity index (χ3v) is 5.46. The van der Waals surface area contributed by atoms with E-state index in [-0.39, 0.29) is 6.04 Å². The minimum absolute atomic E-state index is 0.284. The van der Waals surface area contributed by atoms with Gasteiger partial charge in [-0.25, -0.2) is 0 Å². The zero-order valence-corrected chi connectivity index (χ0v) is 13.5. The van der Waals surface area contributed by atoms with E-state index in [0.29, 0.717) is 5.92 Å². The topological polar surface area (TPSA) is 38.0 Å². The van der Waals surface area contributed by atoms with Crippen molar-refractivity contribution in [3.8, 4) is 0 Å². The summed E-state index contributed by atoms with van der Waals surface area (Å²) in [5, 5.41) is 0. The van der Waals surface area contributed by atoms with Crippen LogP contribution in [0.4, 0.5) is 0 Å². The van der Waals surface area contributed by atoms with Gasteiger partial charge in [-0.2, -0.15) is 0 Å². The van der Waals surface area contributed by atoms with Gasteiger partial charge in [0.2, 0.25) is 0 Å². The van der Waals surface area contributed by atoms with Crippen molar-refractivity contribution in [3.05, 3.63) is 33.8 Å². The van der Waals surface area contributed by atoms with Crippen LogP contribution in [-0.2, 0) is 0 Å². The lowest BCUT2D eigenvalue weighted by Crippen LogP contribution is -2.35. The van der Waals surface area contributed by atoms with E-state index in [1.165, 1.54) is 47.7 Å². The van der Waals surface area contributed by atoms with Gasteiger partial charge < -0.3 is 0 Å². The Kier molecular flexibility index (Phi) is 5.43. The lowest BCUT2D eigenvalue weighted by Gasteiger charge is -2.34. The average Bonchev–Trinajstić information content (AvgIpc) is 2.44. The number of rotatable bonds is 4. The van der Waals surface area contributed by atoms with Crippen LogP contribution in [0.15, 0.2) is 22.7 Å². The summed E-state index contributed by atoms with van der Waals surface area (Å²) in [6.45, 7) is 4.42. The van der Waals surface area contributed by atoms with E-state index in [1.54, 1.807) is 0 Å². The first-order chi connectivity index (χ1) is 9.15. The molecule has 3 heteroatoms. The predicted molar refractivity (Wildman–Crippen MR) is 84.7 cm³/mol. The van der Waals surface area contributed by atoms with Gasteiger partial charge >= 0.3 is 0 Å². The van der Waals surface area contributed by atoms with Crippen LogP contribution >= 0.6 is 15.9 Å². The number of hydrogen-bond donors (Lipinski definition) is 2. The molecule has 0 aliphatic heterocycles. The summed E-state index contributed by atoms with van der Waals surface area (Å²) in [5.74, 6) is 7.39. The van der Waals surface area contributed by atoms with Gasteiger partial charge in [-0.15, -0.1) is 0 Å². The highest BCUT2D eigenvalue weighted by Crippen LogP contribution is 2.38. The number of nitrogens with one attached hydrogen (secondary N) is 1. The Morgan fingerprint density at radius 2 is 2.21 bits per heavy atom. The van der Waals surface area contributed by atoms with Crippen LogP contribution in [0.25, 0.3) is 0 Å². The highest BCUT2D eigenvalue weighted by Gasteiger charge is 2.28. The molecule has 0 radical (unpaired) electrons. The van der Waals surface area contributed by atoms with Crippen LogP contribution in [0.3, 0.4) is 0 Å². The molecule has 0 spiro atoms. The zero-order valence-electron chi connectivity index (χ0n) is 12.0. The number of hydrogen-bond acceptors (Lipinski definition) is 2. The second-order valence-corrected chi connectivity index (χ2v) is 6.71. The fourth-order valence-corrected chi connectivity index (χ4v) is 3.71. The molecule has 0 amide bonds.